The van der Waals surface area contributed by atoms with E-state index < -0.39 is 11.4 Å². The molecule has 0 aromatic carbocycles. The molecule has 0 radical (unpaired) electrons. The van der Waals surface area contributed by atoms with Crippen molar-refractivity contribution < 1.29 is 9.90 Å². The average Bonchev–Trinajstić information content (AvgIpc) is 2.65. The van der Waals surface area contributed by atoms with Crippen LogP contribution in [0.15, 0.2) is 0 Å². The number of aromatic nitrogens is 2. The number of aliphatic carboxylic acids is 1. The van der Waals surface area contributed by atoms with Crippen LogP contribution < -0.4 is 0 Å². The Hall–Kier alpha value is -1.32. The lowest BCUT2D eigenvalue weighted by Gasteiger charge is -2.36. The topological polar surface area (TPSA) is 66.0 Å². The molecule has 1 aromatic heterocycles. The fourth-order valence-corrected chi connectivity index (χ4v) is 2.80. The van der Waals surface area contributed by atoms with Crippen molar-refractivity contribution in [3.8, 4) is 0 Å². The second kappa shape index (κ2) is 2.84. The van der Waals surface area contributed by atoms with Gasteiger partial charge in [0.2, 0.25) is 0 Å². The van der Waals surface area contributed by atoms with Crippen molar-refractivity contribution in [2.75, 3.05) is 0 Å². The van der Waals surface area contributed by atoms with E-state index >= 15 is 0 Å². The van der Waals surface area contributed by atoms with E-state index in [2.05, 4.69) is 10.2 Å². The van der Waals surface area contributed by atoms with Gasteiger partial charge in [-0.3, -0.25) is 9.89 Å². The smallest absolute Gasteiger partial charge is 0.315 e. The van der Waals surface area contributed by atoms with Gasteiger partial charge >= 0.3 is 5.97 Å². The molecule has 0 amide bonds. The summed E-state index contributed by atoms with van der Waals surface area (Å²) in [6.07, 6.45) is 5.66. The highest BCUT2D eigenvalue weighted by atomic mass is 16.4. The summed E-state index contributed by atoms with van der Waals surface area (Å²) < 4.78 is 0. The van der Waals surface area contributed by atoms with Gasteiger partial charge in [-0.2, -0.15) is 5.10 Å². The lowest BCUT2D eigenvalue weighted by molar-refractivity contribution is -0.147. The third kappa shape index (κ3) is 1.02. The summed E-state index contributed by atoms with van der Waals surface area (Å²) in [6, 6.07) is 0. The number of aryl methyl sites for hydroxylation is 1. The summed E-state index contributed by atoms with van der Waals surface area (Å²) in [4.78, 5) is 11.3. The Balaban J connectivity index is 2.08. The number of carboxylic acids is 1. The molecule has 1 fully saturated rings. The van der Waals surface area contributed by atoms with Gasteiger partial charge in [-0.15, -0.1) is 0 Å². The number of hydrogen-bond acceptors (Lipinski definition) is 2. The molecule has 0 saturated heterocycles. The van der Waals surface area contributed by atoms with E-state index in [0.29, 0.717) is 0 Å². The van der Waals surface area contributed by atoms with E-state index in [1.165, 1.54) is 5.56 Å². The highest BCUT2D eigenvalue weighted by Gasteiger charge is 2.49. The fourth-order valence-electron chi connectivity index (χ4n) is 2.80. The predicted molar refractivity (Wildman–Crippen MR) is 53.8 cm³/mol. The number of aromatic amines is 1. The van der Waals surface area contributed by atoms with E-state index in [-0.39, 0.29) is 0 Å². The fraction of sp³-hybridized carbons (Fsp3) is 0.636. The number of carbonyl (C=O) groups is 1. The van der Waals surface area contributed by atoms with Crippen LogP contribution in [0.4, 0.5) is 0 Å². The zero-order chi connectivity index (χ0) is 10.5. The highest BCUT2D eigenvalue weighted by Crippen LogP contribution is 2.46. The molecule has 0 unspecified atom stereocenters. The molecule has 2 aliphatic rings. The van der Waals surface area contributed by atoms with Crippen LogP contribution in [0.3, 0.4) is 0 Å². The van der Waals surface area contributed by atoms with Crippen molar-refractivity contribution in [2.45, 2.75) is 43.9 Å². The van der Waals surface area contributed by atoms with Gasteiger partial charge in [0.25, 0.3) is 0 Å². The summed E-state index contributed by atoms with van der Waals surface area (Å²) in [6.45, 7) is 0. The molecule has 4 heteroatoms. The molecule has 1 heterocycles. The molecule has 3 rings (SSSR count). The number of H-pyrrole nitrogens is 1. The molecule has 1 saturated carbocycles. The van der Waals surface area contributed by atoms with Crippen molar-refractivity contribution in [1.29, 1.82) is 0 Å². The normalized spacial score (nSPS) is 22.1. The van der Waals surface area contributed by atoms with Crippen LogP contribution in [0.25, 0.3) is 0 Å². The third-order valence-electron chi connectivity index (χ3n) is 3.88. The van der Waals surface area contributed by atoms with Crippen LogP contribution in [0, 0.1) is 0 Å². The van der Waals surface area contributed by atoms with Crippen molar-refractivity contribution in [2.24, 2.45) is 0 Å². The first-order valence-electron chi connectivity index (χ1n) is 5.54. The van der Waals surface area contributed by atoms with Gasteiger partial charge in [0.05, 0.1) is 5.69 Å². The molecular formula is C11H14N2O2. The Kier molecular flexibility index (Phi) is 1.69. The quantitative estimate of drug-likeness (QED) is 0.768. The van der Waals surface area contributed by atoms with Crippen LogP contribution in [0.5, 0.6) is 0 Å². The summed E-state index contributed by atoms with van der Waals surface area (Å²) in [5.41, 5.74) is 2.53. The Bertz CT molecular complexity index is 418. The number of nitrogens with zero attached hydrogens (tertiary/aromatic N) is 1. The minimum atomic E-state index is -0.699. The van der Waals surface area contributed by atoms with E-state index in [0.717, 1.165) is 49.9 Å². The number of hydrogen-bond donors (Lipinski definition) is 2. The Morgan fingerprint density at radius 3 is 2.73 bits per heavy atom. The van der Waals surface area contributed by atoms with Gasteiger partial charge in [-0.05, 0) is 37.7 Å². The first kappa shape index (κ1) is 8.95. The first-order valence-corrected chi connectivity index (χ1v) is 5.54. The Morgan fingerprint density at radius 2 is 2.13 bits per heavy atom. The van der Waals surface area contributed by atoms with Gasteiger partial charge in [0.15, 0.2) is 0 Å². The average molecular weight is 206 g/mol. The molecule has 0 bridgehead atoms. The molecule has 0 atom stereocenters. The predicted octanol–water partition coefficient (Wildman–Crippen LogP) is 1.40. The molecule has 1 aromatic rings. The van der Waals surface area contributed by atoms with Gasteiger partial charge in [-0.25, -0.2) is 0 Å². The molecule has 4 nitrogen and oxygen atoms in total. The minimum Gasteiger partial charge on any atom is -0.481 e. The SMILES string of the molecule is O=C(O)C1(c2n[nH]c3c2CCC3)CCC1. The number of nitrogens with one attached hydrogen (secondary N) is 1. The lowest BCUT2D eigenvalue weighted by atomic mass is 9.65. The number of fused-ring (bicyclic) bond motifs is 1. The largest absolute Gasteiger partial charge is 0.481 e. The molecule has 2 N–H and O–H groups in total. The second-order valence-corrected chi connectivity index (χ2v) is 4.62. The van der Waals surface area contributed by atoms with Crippen LogP contribution in [0.2, 0.25) is 0 Å². The van der Waals surface area contributed by atoms with Crippen molar-refractivity contribution >= 4 is 5.97 Å². The molecule has 80 valence electrons. The van der Waals surface area contributed by atoms with Crippen molar-refractivity contribution in [3.63, 3.8) is 0 Å². The summed E-state index contributed by atoms with van der Waals surface area (Å²) in [7, 11) is 0. The maximum atomic E-state index is 11.3. The van der Waals surface area contributed by atoms with E-state index in [1.54, 1.807) is 0 Å². The maximum Gasteiger partial charge on any atom is 0.315 e. The molecular weight excluding hydrogens is 192 g/mol. The van der Waals surface area contributed by atoms with Gasteiger partial charge in [-0.1, -0.05) is 6.42 Å². The molecule has 2 aliphatic carbocycles. The number of carboxylic acid groups (broad SMARTS) is 1. The van der Waals surface area contributed by atoms with E-state index in [9.17, 15) is 9.90 Å². The zero-order valence-corrected chi connectivity index (χ0v) is 8.55. The third-order valence-corrected chi connectivity index (χ3v) is 3.88. The van der Waals surface area contributed by atoms with Gasteiger partial charge in [0.1, 0.15) is 5.41 Å². The van der Waals surface area contributed by atoms with E-state index in [4.69, 9.17) is 0 Å². The van der Waals surface area contributed by atoms with Gasteiger partial charge < -0.3 is 5.11 Å². The van der Waals surface area contributed by atoms with Crippen molar-refractivity contribution in [1.82, 2.24) is 10.2 Å². The van der Waals surface area contributed by atoms with Crippen molar-refractivity contribution in [3.05, 3.63) is 17.0 Å². The van der Waals surface area contributed by atoms with Crippen LogP contribution >= 0.6 is 0 Å². The zero-order valence-electron chi connectivity index (χ0n) is 8.55. The van der Waals surface area contributed by atoms with E-state index in [1.807, 2.05) is 0 Å². The van der Waals surface area contributed by atoms with Crippen LogP contribution in [0.1, 0.15) is 42.6 Å². The molecule has 15 heavy (non-hydrogen) atoms. The summed E-state index contributed by atoms with van der Waals surface area (Å²) >= 11 is 0. The number of rotatable bonds is 2. The first-order chi connectivity index (χ1) is 7.24. The molecule has 0 aliphatic heterocycles. The standard InChI is InChI=1S/C11H14N2O2/c14-10(15)11(5-2-6-11)9-7-3-1-4-8(7)12-13-9/h1-6H2,(H,12,13)(H,14,15). The summed E-state index contributed by atoms with van der Waals surface area (Å²) in [5, 5.41) is 16.6. The minimum absolute atomic E-state index is 0.658. The van der Waals surface area contributed by atoms with Crippen LogP contribution in [-0.4, -0.2) is 21.3 Å². The van der Waals surface area contributed by atoms with Gasteiger partial charge in [0, 0.05) is 5.69 Å². The molecule has 0 spiro atoms. The lowest BCUT2D eigenvalue weighted by Crippen LogP contribution is -2.43. The Morgan fingerprint density at radius 1 is 1.33 bits per heavy atom. The monoisotopic (exact) mass is 206 g/mol. The van der Waals surface area contributed by atoms with Crippen LogP contribution in [-0.2, 0) is 23.1 Å². The second-order valence-electron chi connectivity index (χ2n) is 4.62. The maximum absolute atomic E-state index is 11.3. The Labute approximate surface area is 87.7 Å². The summed E-state index contributed by atoms with van der Waals surface area (Å²) in [5.74, 6) is -0.699. The highest BCUT2D eigenvalue weighted by molar-refractivity contribution is 5.82.